The molecule has 0 fully saturated rings. The number of nitro groups is 4. The summed E-state index contributed by atoms with van der Waals surface area (Å²) >= 11 is 0. The van der Waals surface area contributed by atoms with E-state index in [2.05, 4.69) is 10.9 Å². The second-order valence-corrected chi connectivity index (χ2v) is 7.09. The molecule has 0 aliphatic rings. The molecule has 174 valence electrons. The Morgan fingerprint density at radius 1 is 0.676 bits per heavy atom. The largest absolute Gasteiger partial charge is 0.301 e. The number of rotatable bonds is 8. The van der Waals surface area contributed by atoms with E-state index < -0.39 is 36.8 Å². The van der Waals surface area contributed by atoms with Gasteiger partial charge in [-0.2, -0.15) is 0 Å². The summed E-state index contributed by atoms with van der Waals surface area (Å²) in [4.78, 5) is 43.1. The van der Waals surface area contributed by atoms with Gasteiger partial charge in [-0.05, 0) is 19.4 Å². The van der Waals surface area contributed by atoms with Gasteiger partial charge in [0.15, 0.2) is 0 Å². The molecule has 3 aromatic carbocycles. The first-order valence-corrected chi connectivity index (χ1v) is 9.50. The first kappa shape index (κ1) is 23.5. The predicted octanol–water partition coefficient (Wildman–Crippen LogP) is 5.04. The SMILES string of the molecule is Cc1cc([N+](=O)[O-])c(NNc2c(-c3ccccc3)cc([N+](=O)[O-])cc2[N+](=O)[O-])c(C)c1[N+](=O)[O-]. The van der Waals surface area contributed by atoms with E-state index >= 15 is 0 Å². The molecule has 0 aliphatic heterocycles. The number of benzene rings is 3. The fraction of sp³-hybridized carbons (Fsp3) is 0.100. The fourth-order valence-corrected chi connectivity index (χ4v) is 3.50. The zero-order chi connectivity index (χ0) is 25.2. The van der Waals surface area contributed by atoms with Crippen molar-refractivity contribution in [1.82, 2.24) is 0 Å². The number of hydrogen-bond acceptors (Lipinski definition) is 10. The zero-order valence-electron chi connectivity index (χ0n) is 17.7. The van der Waals surface area contributed by atoms with Crippen LogP contribution < -0.4 is 10.9 Å². The van der Waals surface area contributed by atoms with E-state index in [1.807, 2.05) is 0 Å². The second kappa shape index (κ2) is 9.15. The van der Waals surface area contributed by atoms with Crippen molar-refractivity contribution in [3.05, 3.63) is 100 Å². The summed E-state index contributed by atoms with van der Waals surface area (Å²) in [6.45, 7) is 2.65. The lowest BCUT2D eigenvalue weighted by Gasteiger charge is -2.16. The second-order valence-electron chi connectivity index (χ2n) is 7.09. The molecule has 0 unspecified atom stereocenters. The lowest BCUT2D eigenvalue weighted by molar-refractivity contribution is -0.393. The first-order valence-electron chi connectivity index (χ1n) is 9.50. The highest BCUT2D eigenvalue weighted by Gasteiger charge is 2.29. The van der Waals surface area contributed by atoms with Gasteiger partial charge in [-0.1, -0.05) is 30.3 Å². The first-order chi connectivity index (χ1) is 16.0. The summed E-state index contributed by atoms with van der Waals surface area (Å²) < 4.78 is 0. The maximum Gasteiger partial charge on any atom is 0.301 e. The van der Waals surface area contributed by atoms with Gasteiger partial charge < -0.3 is 0 Å². The van der Waals surface area contributed by atoms with Gasteiger partial charge in [-0.3, -0.25) is 51.3 Å². The molecule has 0 saturated carbocycles. The highest BCUT2D eigenvalue weighted by atomic mass is 16.6. The molecule has 0 aromatic heterocycles. The quantitative estimate of drug-likeness (QED) is 0.333. The van der Waals surface area contributed by atoms with E-state index in [4.69, 9.17) is 0 Å². The lowest BCUT2D eigenvalue weighted by Crippen LogP contribution is -2.15. The standard InChI is InChI=1S/C20H16N6O8/c1-11-8-16(24(29)30)18(12(2)20(11)26(33)34)21-22-19-15(13-6-4-3-5-7-13)9-14(23(27)28)10-17(19)25(31)32/h3-10,21-22H,1-2H3. The van der Waals surface area contributed by atoms with Gasteiger partial charge in [-0.15, -0.1) is 0 Å². The van der Waals surface area contributed by atoms with Crippen LogP contribution in [0.5, 0.6) is 0 Å². The number of aryl methyl sites for hydroxylation is 1. The molecule has 0 heterocycles. The summed E-state index contributed by atoms with van der Waals surface area (Å²) in [5, 5.41) is 46.1. The van der Waals surface area contributed by atoms with Crippen molar-refractivity contribution in [3.8, 4) is 11.1 Å². The van der Waals surface area contributed by atoms with Crippen LogP contribution >= 0.6 is 0 Å². The number of non-ortho nitro benzene ring substituents is 1. The molecule has 0 amide bonds. The molecule has 0 bridgehead atoms. The molecule has 0 aliphatic carbocycles. The predicted molar refractivity (Wildman–Crippen MR) is 122 cm³/mol. The van der Waals surface area contributed by atoms with Gasteiger partial charge in [0.1, 0.15) is 11.4 Å². The summed E-state index contributed by atoms with van der Waals surface area (Å²) in [7, 11) is 0. The van der Waals surface area contributed by atoms with E-state index in [0.29, 0.717) is 5.56 Å². The van der Waals surface area contributed by atoms with E-state index in [1.54, 1.807) is 30.3 Å². The van der Waals surface area contributed by atoms with Crippen LogP contribution in [0.25, 0.3) is 11.1 Å². The molecule has 0 spiro atoms. The van der Waals surface area contributed by atoms with Crippen LogP contribution in [0.2, 0.25) is 0 Å². The summed E-state index contributed by atoms with van der Waals surface area (Å²) in [6.07, 6.45) is 0. The number of hydrogen-bond donors (Lipinski definition) is 2. The van der Waals surface area contributed by atoms with Gasteiger partial charge in [0.25, 0.3) is 17.1 Å². The fourth-order valence-electron chi connectivity index (χ4n) is 3.50. The Balaban J connectivity index is 2.22. The van der Waals surface area contributed by atoms with E-state index in [9.17, 15) is 40.5 Å². The van der Waals surface area contributed by atoms with Crippen LogP contribution in [-0.2, 0) is 0 Å². The van der Waals surface area contributed by atoms with Crippen LogP contribution in [0.1, 0.15) is 11.1 Å². The number of hydrazine groups is 1. The van der Waals surface area contributed by atoms with Crippen molar-refractivity contribution in [2.75, 3.05) is 10.9 Å². The van der Waals surface area contributed by atoms with Crippen LogP contribution in [0.15, 0.2) is 48.5 Å². The third-order valence-electron chi connectivity index (χ3n) is 5.00. The molecular formula is C20H16N6O8. The van der Waals surface area contributed by atoms with Crippen LogP contribution in [0, 0.1) is 54.3 Å². The third kappa shape index (κ3) is 4.40. The Kier molecular flexibility index (Phi) is 6.33. The normalized spacial score (nSPS) is 10.4. The van der Waals surface area contributed by atoms with Crippen LogP contribution in [0.3, 0.4) is 0 Å². The Morgan fingerprint density at radius 2 is 1.24 bits per heavy atom. The molecule has 0 radical (unpaired) electrons. The number of nitrogens with zero attached hydrogens (tertiary/aromatic N) is 4. The van der Waals surface area contributed by atoms with Crippen molar-refractivity contribution in [1.29, 1.82) is 0 Å². The molecule has 14 heteroatoms. The van der Waals surface area contributed by atoms with Gasteiger partial charge in [0.2, 0.25) is 0 Å². The van der Waals surface area contributed by atoms with E-state index in [-0.39, 0.29) is 33.8 Å². The maximum atomic E-state index is 11.7. The smallest absolute Gasteiger partial charge is 0.294 e. The van der Waals surface area contributed by atoms with Crippen molar-refractivity contribution < 1.29 is 19.7 Å². The van der Waals surface area contributed by atoms with Crippen molar-refractivity contribution >= 4 is 34.1 Å². The Labute approximate surface area is 190 Å². The topological polar surface area (TPSA) is 197 Å². The van der Waals surface area contributed by atoms with Crippen molar-refractivity contribution in [3.63, 3.8) is 0 Å². The lowest BCUT2D eigenvalue weighted by atomic mass is 10.0. The van der Waals surface area contributed by atoms with E-state index in [1.165, 1.54) is 13.8 Å². The molecule has 3 rings (SSSR count). The summed E-state index contributed by atoms with van der Waals surface area (Å²) in [5.74, 6) is 0. The van der Waals surface area contributed by atoms with Gasteiger partial charge >= 0.3 is 5.69 Å². The van der Waals surface area contributed by atoms with Gasteiger partial charge in [0.05, 0.1) is 31.3 Å². The average Bonchev–Trinajstić information content (AvgIpc) is 2.77. The highest BCUT2D eigenvalue weighted by molar-refractivity contribution is 5.88. The number of nitro benzene ring substituents is 4. The molecule has 0 atom stereocenters. The number of nitrogens with one attached hydrogen (secondary N) is 2. The molecular weight excluding hydrogens is 452 g/mol. The van der Waals surface area contributed by atoms with Crippen LogP contribution in [-0.4, -0.2) is 19.7 Å². The zero-order valence-corrected chi connectivity index (χ0v) is 17.7. The minimum atomic E-state index is -0.845. The van der Waals surface area contributed by atoms with Crippen molar-refractivity contribution in [2.24, 2.45) is 0 Å². The highest BCUT2D eigenvalue weighted by Crippen LogP contribution is 2.41. The minimum absolute atomic E-state index is 0.0611. The summed E-state index contributed by atoms with van der Waals surface area (Å²) in [5.41, 5.74) is 2.86. The Bertz CT molecular complexity index is 1340. The Hall–Kier alpha value is -5.14. The minimum Gasteiger partial charge on any atom is -0.294 e. The Morgan fingerprint density at radius 3 is 1.76 bits per heavy atom. The van der Waals surface area contributed by atoms with E-state index in [0.717, 1.165) is 18.2 Å². The number of anilines is 2. The maximum absolute atomic E-state index is 11.7. The monoisotopic (exact) mass is 468 g/mol. The van der Waals surface area contributed by atoms with Crippen molar-refractivity contribution in [2.45, 2.75) is 13.8 Å². The molecule has 0 saturated heterocycles. The van der Waals surface area contributed by atoms with Gasteiger partial charge in [-0.25, -0.2) is 0 Å². The summed E-state index contributed by atoms with van der Waals surface area (Å²) in [6, 6.07) is 10.9. The molecule has 14 nitrogen and oxygen atoms in total. The van der Waals surface area contributed by atoms with Gasteiger partial charge in [0, 0.05) is 23.3 Å². The van der Waals surface area contributed by atoms with Crippen LogP contribution in [0.4, 0.5) is 34.1 Å². The third-order valence-corrected chi connectivity index (χ3v) is 5.00. The molecule has 34 heavy (non-hydrogen) atoms. The molecule has 3 aromatic rings. The molecule has 2 N–H and O–H groups in total. The average molecular weight is 468 g/mol.